The van der Waals surface area contributed by atoms with E-state index < -0.39 is 29.7 Å². The maximum Gasteiger partial charge on any atom is 0.335 e. The van der Waals surface area contributed by atoms with Crippen molar-refractivity contribution < 1.29 is 42.5 Å². The van der Waals surface area contributed by atoms with E-state index in [9.17, 15) is 19.2 Å². The largest absolute Gasteiger partial charge is 0.423 e. The van der Waals surface area contributed by atoms with Gasteiger partial charge in [-0.25, -0.2) is 23.6 Å². The topological polar surface area (TPSA) is 105 Å². The van der Waals surface area contributed by atoms with Crippen molar-refractivity contribution in [2.45, 2.75) is 0 Å². The van der Waals surface area contributed by atoms with Crippen LogP contribution in [-0.4, -0.2) is 23.9 Å². The predicted octanol–water partition coefficient (Wildman–Crippen LogP) is 6.16. The summed E-state index contributed by atoms with van der Waals surface area (Å²) in [5.74, 6) is -3.75. The van der Waals surface area contributed by atoms with Gasteiger partial charge in [0.15, 0.2) is 11.5 Å². The molecule has 0 unspecified atom stereocenters. The van der Waals surface area contributed by atoms with Crippen molar-refractivity contribution in [2.75, 3.05) is 0 Å². The van der Waals surface area contributed by atoms with E-state index in [1.165, 1.54) is 36.4 Å². The molecule has 0 atom stereocenters. The lowest BCUT2D eigenvalue weighted by atomic mass is 9.96. The summed E-state index contributed by atoms with van der Waals surface area (Å²) < 4.78 is 37.1. The zero-order chi connectivity index (χ0) is 29.7. The number of ether oxygens (including phenoxy) is 4. The molecule has 9 heteroatoms. The van der Waals surface area contributed by atoms with Crippen molar-refractivity contribution in [1.82, 2.24) is 0 Å². The molecule has 0 aliphatic carbocycles. The summed E-state index contributed by atoms with van der Waals surface area (Å²) in [4.78, 5) is 47.5. The van der Waals surface area contributed by atoms with Crippen LogP contribution in [0, 0.1) is 5.82 Å². The van der Waals surface area contributed by atoms with E-state index in [1.54, 1.807) is 18.2 Å². The van der Waals surface area contributed by atoms with Crippen molar-refractivity contribution in [1.29, 1.82) is 0 Å². The highest BCUT2D eigenvalue weighted by Crippen LogP contribution is 2.41. The van der Waals surface area contributed by atoms with Crippen LogP contribution in [0.2, 0.25) is 0 Å². The van der Waals surface area contributed by atoms with Gasteiger partial charge < -0.3 is 18.9 Å². The summed E-state index contributed by atoms with van der Waals surface area (Å²) in [6.45, 7) is 13.5. The van der Waals surface area contributed by atoms with Gasteiger partial charge in [-0.15, -0.1) is 0 Å². The number of carbonyl (C=O) groups is 4. The number of hydrogen-bond donors (Lipinski definition) is 0. The van der Waals surface area contributed by atoms with Crippen LogP contribution >= 0.6 is 0 Å². The molecule has 0 aliphatic heterocycles. The lowest BCUT2D eigenvalue weighted by molar-refractivity contribution is -0.131. The third-order valence-corrected chi connectivity index (χ3v) is 5.76. The van der Waals surface area contributed by atoms with E-state index in [1.807, 2.05) is 0 Å². The van der Waals surface area contributed by atoms with Crippen LogP contribution in [0.25, 0.3) is 32.7 Å². The van der Waals surface area contributed by atoms with Crippen LogP contribution in [0.3, 0.4) is 0 Å². The summed E-state index contributed by atoms with van der Waals surface area (Å²) in [7, 11) is 0. The van der Waals surface area contributed by atoms with E-state index in [4.69, 9.17) is 18.9 Å². The lowest BCUT2D eigenvalue weighted by Gasteiger charge is -2.15. The summed E-state index contributed by atoms with van der Waals surface area (Å²) in [5.41, 5.74) is 0.943. The molecule has 204 valence electrons. The van der Waals surface area contributed by atoms with Crippen LogP contribution < -0.4 is 18.9 Å². The maximum atomic E-state index is 16.0. The Morgan fingerprint density at radius 1 is 0.537 bits per heavy atom. The van der Waals surface area contributed by atoms with Gasteiger partial charge in [-0.05, 0) is 53.6 Å². The second-order valence-corrected chi connectivity index (χ2v) is 8.27. The first kappa shape index (κ1) is 28.2. The van der Waals surface area contributed by atoms with Gasteiger partial charge >= 0.3 is 23.9 Å². The van der Waals surface area contributed by atoms with Crippen LogP contribution in [0.4, 0.5) is 4.39 Å². The molecule has 4 aromatic carbocycles. The van der Waals surface area contributed by atoms with E-state index >= 15 is 4.39 Å². The van der Waals surface area contributed by atoms with Crippen molar-refractivity contribution in [2.24, 2.45) is 0 Å². The van der Waals surface area contributed by atoms with Crippen LogP contribution in [-0.2, 0) is 19.2 Å². The zero-order valence-electron chi connectivity index (χ0n) is 21.5. The molecule has 0 spiro atoms. The van der Waals surface area contributed by atoms with Crippen molar-refractivity contribution in [3.05, 3.63) is 111 Å². The Morgan fingerprint density at radius 2 is 1.02 bits per heavy atom. The van der Waals surface area contributed by atoms with Gasteiger partial charge in [-0.3, -0.25) is 0 Å². The normalized spacial score (nSPS) is 10.4. The Labute approximate surface area is 233 Å². The van der Waals surface area contributed by atoms with Crippen LogP contribution in [0.15, 0.2) is 105 Å². The van der Waals surface area contributed by atoms with Crippen molar-refractivity contribution in [3.8, 4) is 34.1 Å². The highest BCUT2D eigenvalue weighted by Gasteiger charge is 2.20. The highest BCUT2D eigenvalue weighted by atomic mass is 19.1. The summed E-state index contributed by atoms with van der Waals surface area (Å²) in [6, 6.07) is 13.3. The molecule has 0 aliphatic rings. The smallest absolute Gasteiger partial charge is 0.335 e. The van der Waals surface area contributed by atoms with E-state index in [2.05, 4.69) is 26.3 Å². The summed E-state index contributed by atoms with van der Waals surface area (Å²) >= 11 is 0. The molecule has 0 aromatic heterocycles. The monoisotopic (exact) mass is 552 g/mol. The van der Waals surface area contributed by atoms with E-state index in [-0.39, 0.29) is 44.5 Å². The molecular weight excluding hydrogens is 531 g/mol. The van der Waals surface area contributed by atoms with Gasteiger partial charge in [-0.2, -0.15) is 0 Å². The number of fused-ring (bicyclic) bond motifs is 2. The Kier molecular flexibility index (Phi) is 8.19. The first-order chi connectivity index (χ1) is 19.7. The first-order valence-corrected chi connectivity index (χ1v) is 11.9. The third-order valence-electron chi connectivity index (χ3n) is 5.76. The second-order valence-electron chi connectivity index (χ2n) is 8.27. The molecule has 0 bridgehead atoms. The van der Waals surface area contributed by atoms with Gasteiger partial charge in [0.05, 0.1) is 0 Å². The first-order valence-electron chi connectivity index (χ1n) is 11.9. The van der Waals surface area contributed by atoms with Gasteiger partial charge in [-0.1, -0.05) is 38.4 Å². The highest BCUT2D eigenvalue weighted by molar-refractivity contribution is 6.09. The van der Waals surface area contributed by atoms with Gasteiger partial charge in [0.2, 0.25) is 0 Å². The fourth-order valence-electron chi connectivity index (χ4n) is 3.92. The molecule has 4 aromatic rings. The number of halogens is 1. The average molecular weight is 553 g/mol. The number of rotatable bonds is 9. The van der Waals surface area contributed by atoms with Crippen molar-refractivity contribution in [3.63, 3.8) is 0 Å². The molecule has 0 heterocycles. The molecule has 0 saturated carbocycles. The Bertz CT molecular complexity index is 1800. The van der Waals surface area contributed by atoms with Crippen molar-refractivity contribution >= 4 is 45.4 Å². The quantitative estimate of drug-likeness (QED) is 0.105. The standard InChI is InChI=1S/C32H21FO8/c1-5-27(34)38-20-11-13-22-24(17-20)31(33)23-15-18(9-12-21(23)32(22)41-30(37)8-4)19-10-14-25(39-28(35)6-2)26(16-19)40-29(36)7-3/h5-17H,1-4H2. The molecule has 8 nitrogen and oxygen atoms in total. The average Bonchev–Trinajstić information content (AvgIpc) is 2.99. The molecule has 4 rings (SSSR count). The summed E-state index contributed by atoms with van der Waals surface area (Å²) in [6.07, 6.45) is 3.83. The third kappa shape index (κ3) is 5.94. The maximum absolute atomic E-state index is 16.0. The Balaban J connectivity index is 1.93. The molecule has 0 radical (unpaired) electrons. The predicted molar refractivity (Wildman–Crippen MR) is 150 cm³/mol. The zero-order valence-corrected chi connectivity index (χ0v) is 21.5. The number of carbonyl (C=O) groups excluding carboxylic acids is 4. The van der Waals surface area contributed by atoms with Crippen LogP contribution in [0.5, 0.6) is 23.0 Å². The SMILES string of the molecule is C=CC(=O)Oc1ccc2c(OC(=O)C=C)c3ccc(-c4ccc(OC(=O)C=C)c(OC(=O)C=C)c4)cc3c(F)c2c1. The van der Waals surface area contributed by atoms with Gasteiger partial charge in [0.25, 0.3) is 0 Å². The lowest BCUT2D eigenvalue weighted by Crippen LogP contribution is -2.08. The fourth-order valence-corrected chi connectivity index (χ4v) is 3.92. The molecule has 0 N–H and O–H groups in total. The van der Waals surface area contributed by atoms with Gasteiger partial charge in [0.1, 0.15) is 17.3 Å². The molecular formula is C32H21FO8. The minimum Gasteiger partial charge on any atom is -0.423 e. The van der Waals surface area contributed by atoms with Crippen LogP contribution in [0.1, 0.15) is 0 Å². The Morgan fingerprint density at radius 3 is 1.66 bits per heavy atom. The minimum absolute atomic E-state index is 0.0168. The van der Waals surface area contributed by atoms with E-state index in [0.29, 0.717) is 11.1 Å². The Hall–Kier alpha value is -5.83. The molecule has 41 heavy (non-hydrogen) atoms. The molecule has 0 fully saturated rings. The van der Waals surface area contributed by atoms with Gasteiger partial charge in [0, 0.05) is 45.8 Å². The molecule has 0 saturated heterocycles. The number of esters is 4. The number of hydrogen-bond acceptors (Lipinski definition) is 8. The van der Waals surface area contributed by atoms with E-state index in [0.717, 1.165) is 24.3 Å². The second kappa shape index (κ2) is 11.9. The summed E-state index contributed by atoms with van der Waals surface area (Å²) in [5, 5.41) is 0.618. The molecule has 0 amide bonds. The number of benzene rings is 4. The fraction of sp³-hybridized carbons (Fsp3) is 0. The minimum atomic E-state index is -0.796.